The largest absolute Gasteiger partial charge is 0.361 e. The molecule has 0 radical (unpaired) electrons. The fourth-order valence-corrected chi connectivity index (χ4v) is 3.36. The van der Waals surface area contributed by atoms with Crippen LogP contribution in [-0.4, -0.2) is 46.9 Å². The highest BCUT2D eigenvalue weighted by Gasteiger charge is 2.38. The third-order valence-corrected chi connectivity index (χ3v) is 4.88. The summed E-state index contributed by atoms with van der Waals surface area (Å²) in [6, 6.07) is 6.72. The molecule has 0 aliphatic carbocycles. The first-order valence-corrected chi connectivity index (χ1v) is 9.53. The summed E-state index contributed by atoms with van der Waals surface area (Å²) in [6.45, 7) is 2.99. The molecule has 1 fully saturated rings. The number of imide groups is 1. The number of amides is 4. The van der Waals surface area contributed by atoms with Crippen molar-refractivity contribution in [1.82, 2.24) is 20.5 Å². The van der Waals surface area contributed by atoms with Gasteiger partial charge in [0.05, 0.1) is 6.42 Å². The van der Waals surface area contributed by atoms with E-state index < -0.39 is 12.1 Å². The zero-order valence-corrected chi connectivity index (χ0v) is 15.6. The first-order chi connectivity index (χ1) is 13.1. The lowest BCUT2D eigenvalue weighted by molar-refractivity contribution is -0.130. The highest BCUT2D eigenvalue weighted by molar-refractivity contribution is 6.05. The van der Waals surface area contributed by atoms with E-state index in [2.05, 4.69) is 22.5 Å². The van der Waals surface area contributed by atoms with Gasteiger partial charge in [0.1, 0.15) is 6.04 Å². The Morgan fingerprint density at radius 1 is 1.22 bits per heavy atom. The van der Waals surface area contributed by atoms with E-state index in [1.165, 1.54) is 4.90 Å². The average molecular weight is 370 g/mol. The van der Waals surface area contributed by atoms with E-state index in [4.69, 9.17) is 0 Å². The maximum Gasteiger partial charge on any atom is 0.324 e. The first kappa shape index (κ1) is 18.9. The van der Waals surface area contributed by atoms with Gasteiger partial charge in [-0.05, 0) is 24.5 Å². The molecule has 1 atom stereocenters. The number of urea groups is 1. The molecule has 1 aliphatic heterocycles. The van der Waals surface area contributed by atoms with Crippen LogP contribution in [0.2, 0.25) is 0 Å². The van der Waals surface area contributed by atoms with Crippen LogP contribution in [0.1, 0.15) is 38.2 Å². The Kier molecular flexibility index (Phi) is 6.11. The molecule has 3 N–H and O–H groups in total. The number of benzene rings is 1. The summed E-state index contributed by atoms with van der Waals surface area (Å²) in [4.78, 5) is 41.0. The molecule has 7 heteroatoms. The normalized spacial score (nSPS) is 16.8. The summed E-state index contributed by atoms with van der Waals surface area (Å²) in [7, 11) is 0. The van der Waals surface area contributed by atoms with Gasteiger partial charge in [-0.25, -0.2) is 4.79 Å². The van der Waals surface area contributed by atoms with Gasteiger partial charge in [0, 0.05) is 30.2 Å². The maximum absolute atomic E-state index is 12.5. The molecular formula is C20H26N4O3. The zero-order chi connectivity index (χ0) is 19.2. The number of H-pyrrole nitrogens is 1. The molecule has 7 nitrogen and oxygen atoms in total. The molecule has 144 valence electrons. The van der Waals surface area contributed by atoms with Crippen molar-refractivity contribution in [3.8, 4) is 0 Å². The van der Waals surface area contributed by atoms with Crippen LogP contribution in [0.5, 0.6) is 0 Å². The quantitative estimate of drug-likeness (QED) is 0.467. The van der Waals surface area contributed by atoms with Crippen molar-refractivity contribution in [3.63, 3.8) is 0 Å². The Morgan fingerprint density at radius 3 is 2.85 bits per heavy atom. The molecule has 0 spiro atoms. The molecule has 1 saturated heterocycles. The van der Waals surface area contributed by atoms with E-state index in [1.54, 1.807) is 0 Å². The van der Waals surface area contributed by atoms with Gasteiger partial charge in [0.25, 0.3) is 5.91 Å². The molecule has 1 aromatic heterocycles. The topological polar surface area (TPSA) is 94.3 Å². The average Bonchev–Trinajstić information content (AvgIpc) is 3.18. The number of aromatic nitrogens is 1. The number of fused-ring (bicyclic) bond motifs is 1. The maximum atomic E-state index is 12.5. The Labute approximate surface area is 158 Å². The van der Waals surface area contributed by atoms with Gasteiger partial charge in [-0.1, -0.05) is 38.0 Å². The van der Waals surface area contributed by atoms with Gasteiger partial charge in [-0.3, -0.25) is 14.5 Å². The van der Waals surface area contributed by atoms with E-state index in [1.807, 2.05) is 30.5 Å². The number of unbranched alkanes of at least 4 members (excludes halogenated alkanes) is 2. The molecule has 2 aromatic rings. The Bertz CT molecular complexity index is 829. The zero-order valence-electron chi connectivity index (χ0n) is 15.6. The van der Waals surface area contributed by atoms with Crippen molar-refractivity contribution in [3.05, 3.63) is 36.0 Å². The van der Waals surface area contributed by atoms with E-state index in [9.17, 15) is 14.4 Å². The van der Waals surface area contributed by atoms with Crippen molar-refractivity contribution in [2.45, 2.75) is 45.1 Å². The molecular weight excluding hydrogens is 344 g/mol. The molecule has 27 heavy (non-hydrogen) atoms. The lowest BCUT2D eigenvalue weighted by Gasteiger charge is -2.12. The van der Waals surface area contributed by atoms with E-state index in [-0.39, 0.29) is 18.2 Å². The highest BCUT2D eigenvalue weighted by atomic mass is 16.2. The van der Waals surface area contributed by atoms with Gasteiger partial charge in [0.2, 0.25) is 5.91 Å². The predicted molar refractivity (Wildman–Crippen MR) is 103 cm³/mol. The summed E-state index contributed by atoms with van der Waals surface area (Å²) < 4.78 is 0. The minimum atomic E-state index is -0.772. The smallest absolute Gasteiger partial charge is 0.324 e. The third-order valence-electron chi connectivity index (χ3n) is 4.88. The van der Waals surface area contributed by atoms with Crippen LogP contribution < -0.4 is 10.6 Å². The molecule has 3 rings (SSSR count). The number of carbonyl (C=O) groups is 3. The number of aromatic amines is 1. The number of carbonyl (C=O) groups excluding carboxylic acids is 3. The van der Waals surface area contributed by atoms with Crippen LogP contribution in [0.3, 0.4) is 0 Å². The second-order valence-electron chi connectivity index (χ2n) is 6.86. The van der Waals surface area contributed by atoms with E-state index in [0.717, 1.165) is 35.7 Å². The van der Waals surface area contributed by atoms with Gasteiger partial charge >= 0.3 is 6.03 Å². The molecule has 1 aromatic carbocycles. The summed E-state index contributed by atoms with van der Waals surface area (Å²) in [5, 5.41) is 6.52. The predicted octanol–water partition coefficient (Wildman–Crippen LogP) is 2.33. The van der Waals surface area contributed by atoms with Crippen LogP contribution in [0.15, 0.2) is 30.5 Å². The van der Waals surface area contributed by atoms with Crippen molar-refractivity contribution in [2.75, 3.05) is 13.1 Å². The lowest BCUT2D eigenvalue weighted by Crippen LogP contribution is -2.37. The monoisotopic (exact) mass is 370 g/mol. The fourth-order valence-electron chi connectivity index (χ4n) is 3.36. The standard InChI is InChI=1S/C20H26N4O3/c1-2-3-6-10-21-18(25)12-17-19(26)24(20(27)23-17)11-9-14-13-22-16-8-5-4-7-15(14)16/h4-5,7-8,13,17,22H,2-3,6,9-12H2,1H3,(H,21,25)(H,23,27). The van der Waals surface area contributed by atoms with Crippen molar-refractivity contribution in [1.29, 1.82) is 0 Å². The van der Waals surface area contributed by atoms with Crippen LogP contribution in [0, 0.1) is 0 Å². The van der Waals surface area contributed by atoms with E-state index in [0.29, 0.717) is 19.5 Å². The van der Waals surface area contributed by atoms with Gasteiger partial charge in [-0.2, -0.15) is 0 Å². The summed E-state index contributed by atoms with van der Waals surface area (Å²) in [5.74, 6) is -0.535. The number of nitrogens with zero attached hydrogens (tertiary/aromatic N) is 1. The molecule has 1 aliphatic rings. The van der Waals surface area contributed by atoms with Gasteiger partial charge in [-0.15, -0.1) is 0 Å². The second kappa shape index (κ2) is 8.70. The Balaban J connectivity index is 1.52. The van der Waals surface area contributed by atoms with Crippen LogP contribution in [0.25, 0.3) is 10.9 Å². The summed E-state index contributed by atoms with van der Waals surface area (Å²) in [6.07, 6.45) is 5.52. The summed E-state index contributed by atoms with van der Waals surface area (Å²) >= 11 is 0. The van der Waals surface area contributed by atoms with Crippen molar-refractivity contribution < 1.29 is 14.4 Å². The number of rotatable bonds is 9. The molecule has 0 saturated carbocycles. The number of nitrogens with one attached hydrogen (secondary N) is 3. The number of hydrogen-bond donors (Lipinski definition) is 3. The summed E-state index contributed by atoms with van der Waals surface area (Å²) in [5.41, 5.74) is 2.09. The van der Waals surface area contributed by atoms with Crippen molar-refractivity contribution in [2.24, 2.45) is 0 Å². The van der Waals surface area contributed by atoms with Crippen LogP contribution >= 0.6 is 0 Å². The Hall–Kier alpha value is -2.83. The molecule has 0 bridgehead atoms. The van der Waals surface area contributed by atoms with Gasteiger partial charge in [0.15, 0.2) is 0 Å². The Morgan fingerprint density at radius 2 is 2.04 bits per heavy atom. The molecule has 2 heterocycles. The first-order valence-electron chi connectivity index (χ1n) is 9.53. The molecule has 4 amide bonds. The minimum absolute atomic E-state index is 0.0136. The van der Waals surface area contributed by atoms with Gasteiger partial charge < -0.3 is 15.6 Å². The fraction of sp³-hybridized carbons (Fsp3) is 0.450. The lowest BCUT2D eigenvalue weighted by atomic mass is 10.1. The highest BCUT2D eigenvalue weighted by Crippen LogP contribution is 2.19. The number of para-hydroxylation sites is 1. The van der Waals surface area contributed by atoms with Crippen LogP contribution in [-0.2, 0) is 16.0 Å². The SMILES string of the molecule is CCCCCNC(=O)CC1NC(=O)N(CCc2c[nH]c3ccccc23)C1=O. The molecule has 1 unspecified atom stereocenters. The van der Waals surface area contributed by atoms with Crippen LogP contribution in [0.4, 0.5) is 4.79 Å². The number of hydrogen-bond acceptors (Lipinski definition) is 3. The minimum Gasteiger partial charge on any atom is -0.361 e. The van der Waals surface area contributed by atoms with Crippen molar-refractivity contribution >= 4 is 28.7 Å². The van der Waals surface area contributed by atoms with E-state index >= 15 is 0 Å². The second-order valence-corrected chi connectivity index (χ2v) is 6.86. The third kappa shape index (κ3) is 4.48.